The van der Waals surface area contributed by atoms with E-state index in [1.807, 2.05) is 0 Å². The van der Waals surface area contributed by atoms with Gasteiger partial charge in [-0.2, -0.15) is 11.8 Å². The summed E-state index contributed by atoms with van der Waals surface area (Å²) in [6.07, 6.45) is 2.01. The molecule has 4 heteroatoms. The zero-order chi connectivity index (χ0) is 13.7. The molecule has 2 atom stereocenters. The number of hydrogen-bond donors (Lipinski definition) is 1. The maximum Gasteiger partial charge on any atom is 0.0746 e. The lowest BCUT2D eigenvalue weighted by molar-refractivity contribution is 0.207. The lowest BCUT2D eigenvalue weighted by Crippen LogP contribution is -2.41. The lowest BCUT2D eigenvalue weighted by atomic mass is 10.0. The highest BCUT2D eigenvalue weighted by Crippen LogP contribution is 2.30. The van der Waals surface area contributed by atoms with Gasteiger partial charge in [-0.15, -0.1) is 0 Å². The number of thiocarbonyl (C=S) groups is 1. The van der Waals surface area contributed by atoms with Gasteiger partial charge in [0, 0.05) is 36.6 Å². The van der Waals surface area contributed by atoms with Crippen LogP contribution < -0.4 is 5.73 Å². The molecule has 0 bridgehead atoms. The van der Waals surface area contributed by atoms with Crippen LogP contribution in [-0.2, 0) is 0 Å². The minimum absolute atomic E-state index is 0.341. The van der Waals surface area contributed by atoms with Crippen LogP contribution in [0.4, 0.5) is 0 Å². The third-order valence-electron chi connectivity index (χ3n) is 3.65. The van der Waals surface area contributed by atoms with E-state index in [2.05, 4.69) is 53.9 Å². The zero-order valence-corrected chi connectivity index (χ0v) is 13.1. The number of benzene rings is 1. The average molecular weight is 294 g/mol. The van der Waals surface area contributed by atoms with Crippen molar-refractivity contribution in [1.29, 1.82) is 0 Å². The van der Waals surface area contributed by atoms with E-state index in [0.29, 0.717) is 11.0 Å². The first-order valence-electron chi connectivity index (χ1n) is 6.89. The van der Waals surface area contributed by atoms with Gasteiger partial charge in [-0.1, -0.05) is 49.5 Å². The first kappa shape index (κ1) is 14.8. The highest BCUT2D eigenvalue weighted by molar-refractivity contribution is 8.00. The molecule has 0 spiro atoms. The van der Waals surface area contributed by atoms with Gasteiger partial charge in [0.15, 0.2) is 0 Å². The van der Waals surface area contributed by atoms with Crippen LogP contribution in [0.2, 0.25) is 0 Å². The van der Waals surface area contributed by atoms with Crippen molar-refractivity contribution in [2.45, 2.75) is 31.1 Å². The normalized spacial score (nSPS) is 22.1. The van der Waals surface area contributed by atoms with Crippen molar-refractivity contribution >= 4 is 29.0 Å². The smallest absolute Gasteiger partial charge is 0.0746 e. The third-order valence-corrected chi connectivity index (χ3v) is 5.18. The van der Waals surface area contributed by atoms with Gasteiger partial charge in [0.1, 0.15) is 0 Å². The van der Waals surface area contributed by atoms with Crippen LogP contribution in [0.1, 0.15) is 31.4 Å². The highest BCUT2D eigenvalue weighted by atomic mass is 32.2. The number of hydrogen-bond acceptors (Lipinski definition) is 3. The Bertz CT molecular complexity index is 408. The quantitative estimate of drug-likeness (QED) is 0.844. The van der Waals surface area contributed by atoms with E-state index < -0.39 is 0 Å². The largest absolute Gasteiger partial charge is 0.393 e. The van der Waals surface area contributed by atoms with Gasteiger partial charge in [-0.05, 0) is 12.0 Å². The number of thioether (sulfide) groups is 1. The Hall–Kier alpha value is -0.580. The first-order valence-corrected chi connectivity index (χ1v) is 8.35. The SMILES string of the molecule is CCC1CN(C(CC(N)=S)c2ccccc2)CCS1. The van der Waals surface area contributed by atoms with E-state index in [1.165, 1.54) is 17.7 Å². The highest BCUT2D eigenvalue weighted by Gasteiger charge is 2.26. The minimum atomic E-state index is 0.341. The summed E-state index contributed by atoms with van der Waals surface area (Å²) >= 11 is 7.24. The third kappa shape index (κ3) is 4.20. The molecular formula is C15H22N2S2. The first-order chi connectivity index (χ1) is 9.20. The second-order valence-corrected chi connectivity index (χ2v) is 6.93. The standard InChI is InChI=1S/C15H22N2S2/c1-2-13-11-17(8-9-19-13)14(10-15(16)18)12-6-4-3-5-7-12/h3-7,13-14H,2,8-11H2,1H3,(H2,16,18). The van der Waals surface area contributed by atoms with Crippen LogP contribution in [0.15, 0.2) is 30.3 Å². The molecule has 0 amide bonds. The van der Waals surface area contributed by atoms with Crippen LogP contribution in [0.5, 0.6) is 0 Å². The summed E-state index contributed by atoms with van der Waals surface area (Å²) in [5.41, 5.74) is 7.13. The van der Waals surface area contributed by atoms with Crippen LogP contribution in [0.25, 0.3) is 0 Å². The molecule has 104 valence electrons. The molecule has 0 aliphatic carbocycles. The molecule has 1 saturated heterocycles. The van der Waals surface area contributed by atoms with Crippen LogP contribution in [0, 0.1) is 0 Å². The van der Waals surface area contributed by atoms with E-state index >= 15 is 0 Å². The van der Waals surface area contributed by atoms with Gasteiger partial charge in [-0.25, -0.2) is 0 Å². The van der Waals surface area contributed by atoms with Crippen molar-refractivity contribution in [2.75, 3.05) is 18.8 Å². The Balaban J connectivity index is 2.15. The van der Waals surface area contributed by atoms with Crippen molar-refractivity contribution in [3.8, 4) is 0 Å². The molecule has 0 radical (unpaired) electrons. The van der Waals surface area contributed by atoms with Crippen molar-refractivity contribution in [2.24, 2.45) is 5.73 Å². The molecule has 2 unspecified atom stereocenters. The predicted molar refractivity (Wildman–Crippen MR) is 88.7 cm³/mol. The molecule has 1 aromatic rings. The van der Waals surface area contributed by atoms with Crippen LogP contribution in [0.3, 0.4) is 0 Å². The predicted octanol–water partition coefficient (Wildman–Crippen LogP) is 3.23. The second kappa shape index (κ2) is 7.27. The molecule has 1 heterocycles. The van der Waals surface area contributed by atoms with E-state index in [4.69, 9.17) is 18.0 Å². The molecular weight excluding hydrogens is 272 g/mol. The van der Waals surface area contributed by atoms with E-state index in [0.717, 1.165) is 24.8 Å². The van der Waals surface area contributed by atoms with Gasteiger partial charge in [0.25, 0.3) is 0 Å². The monoisotopic (exact) mass is 294 g/mol. The Morgan fingerprint density at radius 1 is 1.47 bits per heavy atom. The van der Waals surface area contributed by atoms with E-state index in [-0.39, 0.29) is 0 Å². The summed E-state index contributed by atoms with van der Waals surface area (Å²) in [4.78, 5) is 3.17. The molecule has 2 N–H and O–H groups in total. The molecule has 1 aromatic carbocycles. The van der Waals surface area contributed by atoms with E-state index in [9.17, 15) is 0 Å². The van der Waals surface area contributed by atoms with Crippen molar-refractivity contribution in [3.05, 3.63) is 35.9 Å². The summed E-state index contributed by atoms with van der Waals surface area (Å²) in [6, 6.07) is 11.0. The van der Waals surface area contributed by atoms with Crippen molar-refractivity contribution < 1.29 is 0 Å². The molecule has 1 aliphatic heterocycles. The lowest BCUT2D eigenvalue weighted by Gasteiger charge is -2.38. The summed E-state index contributed by atoms with van der Waals surface area (Å²) in [7, 11) is 0. The van der Waals surface area contributed by atoms with Crippen LogP contribution in [-0.4, -0.2) is 34.0 Å². The van der Waals surface area contributed by atoms with Crippen molar-refractivity contribution in [3.63, 3.8) is 0 Å². The Morgan fingerprint density at radius 2 is 2.21 bits per heavy atom. The summed E-state index contributed by atoms with van der Waals surface area (Å²) in [5.74, 6) is 1.21. The number of nitrogens with zero attached hydrogens (tertiary/aromatic N) is 1. The summed E-state index contributed by atoms with van der Waals surface area (Å²) in [5, 5.41) is 0.742. The fourth-order valence-corrected chi connectivity index (χ4v) is 3.96. The van der Waals surface area contributed by atoms with Gasteiger partial charge in [0.05, 0.1) is 4.99 Å². The molecule has 0 aromatic heterocycles. The van der Waals surface area contributed by atoms with Crippen LogP contribution >= 0.6 is 24.0 Å². The molecule has 2 nitrogen and oxygen atoms in total. The maximum absolute atomic E-state index is 5.80. The zero-order valence-electron chi connectivity index (χ0n) is 11.4. The topological polar surface area (TPSA) is 29.3 Å². The van der Waals surface area contributed by atoms with E-state index in [1.54, 1.807) is 0 Å². The van der Waals surface area contributed by atoms with Gasteiger partial charge in [0.2, 0.25) is 0 Å². The number of rotatable bonds is 5. The fraction of sp³-hybridized carbons (Fsp3) is 0.533. The molecule has 19 heavy (non-hydrogen) atoms. The van der Waals surface area contributed by atoms with Gasteiger partial charge >= 0.3 is 0 Å². The minimum Gasteiger partial charge on any atom is -0.393 e. The molecule has 2 rings (SSSR count). The Morgan fingerprint density at radius 3 is 2.84 bits per heavy atom. The summed E-state index contributed by atoms with van der Waals surface area (Å²) in [6.45, 7) is 4.54. The Kier molecular flexibility index (Phi) is 5.67. The molecule has 1 fully saturated rings. The second-order valence-electron chi connectivity index (χ2n) is 4.99. The Labute approximate surface area is 125 Å². The molecule has 0 saturated carbocycles. The average Bonchev–Trinajstić information content (AvgIpc) is 2.45. The van der Waals surface area contributed by atoms with Crippen molar-refractivity contribution in [1.82, 2.24) is 4.90 Å². The molecule has 1 aliphatic rings. The fourth-order valence-electron chi connectivity index (χ4n) is 2.60. The summed E-state index contributed by atoms with van der Waals surface area (Å²) < 4.78 is 0. The maximum atomic E-state index is 5.80. The van der Waals surface area contributed by atoms with Gasteiger partial charge in [-0.3, -0.25) is 4.90 Å². The van der Waals surface area contributed by atoms with Gasteiger partial charge < -0.3 is 5.73 Å². The number of nitrogens with two attached hydrogens (primary N) is 1.